The fourth-order valence-electron chi connectivity index (χ4n) is 2.34. The lowest BCUT2D eigenvalue weighted by molar-refractivity contribution is 0.442. The van der Waals surface area contributed by atoms with Gasteiger partial charge in [-0.1, -0.05) is 18.2 Å². The lowest BCUT2D eigenvalue weighted by atomic mass is 10.1. The van der Waals surface area contributed by atoms with Crippen molar-refractivity contribution >= 4 is 21.8 Å². The lowest BCUT2D eigenvalue weighted by Crippen LogP contribution is -1.89. The maximum absolute atomic E-state index is 5.64. The van der Waals surface area contributed by atoms with Crippen LogP contribution in [-0.4, -0.2) is 15.0 Å². The van der Waals surface area contributed by atoms with Crippen LogP contribution in [0.2, 0.25) is 0 Å². The zero-order chi connectivity index (χ0) is 13.4. The van der Waals surface area contributed by atoms with Crippen molar-refractivity contribution in [2.24, 2.45) is 0 Å². The molecule has 0 aliphatic rings. The largest absolute Gasteiger partial charge is 0.424 e. The third kappa shape index (κ3) is 1.78. The van der Waals surface area contributed by atoms with E-state index in [2.05, 4.69) is 27.1 Å². The van der Waals surface area contributed by atoms with E-state index in [0.29, 0.717) is 6.01 Å². The van der Waals surface area contributed by atoms with Gasteiger partial charge in [0.25, 0.3) is 0 Å². The van der Waals surface area contributed by atoms with Crippen molar-refractivity contribution in [3.05, 3.63) is 60.9 Å². The van der Waals surface area contributed by atoms with Gasteiger partial charge >= 0.3 is 6.01 Å². The molecule has 0 saturated heterocycles. The van der Waals surface area contributed by atoms with Gasteiger partial charge in [0.1, 0.15) is 5.75 Å². The molecular formula is C16H11N3O. The first-order chi connectivity index (χ1) is 9.90. The Labute approximate surface area is 115 Å². The topological polar surface area (TPSA) is 50.8 Å². The monoisotopic (exact) mass is 261 g/mol. The van der Waals surface area contributed by atoms with E-state index in [1.54, 1.807) is 18.5 Å². The second kappa shape index (κ2) is 4.35. The van der Waals surface area contributed by atoms with Crippen LogP contribution in [0.4, 0.5) is 0 Å². The van der Waals surface area contributed by atoms with Gasteiger partial charge in [0.05, 0.1) is 5.52 Å². The quantitative estimate of drug-likeness (QED) is 0.595. The summed E-state index contributed by atoms with van der Waals surface area (Å²) in [5.74, 6) is 0.718. The SMILES string of the molecule is c1cnc(Oc2ccc3c(c2)[nH]c2ccccc23)nc1. The Hall–Kier alpha value is -2.88. The summed E-state index contributed by atoms with van der Waals surface area (Å²) in [7, 11) is 0. The van der Waals surface area contributed by atoms with Crippen LogP contribution in [0.15, 0.2) is 60.9 Å². The molecule has 1 N–H and O–H groups in total. The molecule has 0 radical (unpaired) electrons. The summed E-state index contributed by atoms with van der Waals surface area (Å²) in [5, 5.41) is 2.40. The Morgan fingerprint density at radius 1 is 0.800 bits per heavy atom. The zero-order valence-corrected chi connectivity index (χ0v) is 10.6. The van der Waals surface area contributed by atoms with Crippen LogP contribution in [0.1, 0.15) is 0 Å². The predicted molar refractivity (Wildman–Crippen MR) is 77.9 cm³/mol. The van der Waals surface area contributed by atoms with Crippen molar-refractivity contribution in [2.45, 2.75) is 0 Å². The molecule has 0 amide bonds. The van der Waals surface area contributed by atoms with Gasteiger partial charge in [-0.3, -0.25) is 0 Å². The second-order valence-corrected chi connectivity index (χ2v) is 4.51. The van der Waals surface area contributed by atoms with Crippen LogP contribution in [0.3, 0.4) is 0 Å². The summed E-state index contributed by atoms with van der Waals surface area (Å²) in [6.07, 6.45) is 3.31. The van der Waals surface area contributed by atoms with Crippen LogP contribution in [0, 0.1) is 0 Å². The van der Waals surface area contributed by atoms with E-state index in [0.717, 1.165) is 16.8 Å². The van der Waals surface area contributed by atoms with Crippen LogP contribution in [-0.2, 0) is 0 Å². The smallest absolute Gasteiger partial charge is 0.321 e. The number of benzene rings is 2. The molecule has 20 heavy (non-hydrogen) atoms. The minimum Gasteiger partial charge on any atom is -0.424 e. The summed E-state index contributed by atoms with van der Waals surface area (Å²) in [6.45, 7) is 0. The molecule has 0 spiro atoms. The lowest BCUT2D eigenvalue weighted by Gasteiger charge is -2.02. The highest BCUT2D eigenvalue weighted by Crippen LogP contribution is 2.29. The van der Waals surface area contributed by atoms with E-state index < -0.39 is 0 Å². The van der Waals surface area contributed by atoms with Gasteiger partial charge in [0.2, 0.25) is 0 Å². The van der Waals surface area contributed by atoms with Crippen molar-refractivity contribution in [3.8, 4) is 11.8 Å². The molecule has 0 unspecified atom stereocenters. The highest BCUT2D eigenvalue weighted by molar-refractivity contribution is 6.07. The normalized spacial score (nSPS) is 11.0. The van der Waals surface area contributed by atoms with E-state index in [1.165, 1.54) is 10.8 Å². The Morgan fingerprint density at radius 2 is 1.60 bits per heavy atom. The summed E-state index contributed by atoms with van der Waals surface area (Å²) < 4.78 is 5.64. The van der Waals surface area contributed by atoms with E-state index in [-0.39, 0.29) is 0 Å². The Balaban J connectivity index is 1.81. The highest BCUT2D eigenvalue weighted by Gasteiger charge is 2.06. The molecule has 2 aromatic carbocycles. The maximum Gasteiger partial charge on any atom is 0.321 e. The van der Waals surface area contributed by atoms with Crippen molar-refractivity contribution in [3.63, 3.8) is 0 Å². The first kappa shape index (κ1) is 11.0. The number of rotatable bonds is 2. The van der Waals surface area contributed by atoms with Gasteiger partial charge in [0.15, 0.2) is 0 Å². The van der Waals surface area contributed by atoms with E-state index in [1.807, 2.05) is 30.3 Å². The number of hydrogen-bond donors (Lipinski definition) is 1. The molecule has 4 aromatic rings. The third-order valence-corrected chi connectivity index (χ3v) is 3.23. The van der Waals surface area contributed by atoms with Crippen molar-refractivity contribution in [1.29, 1.82) is 0 Å². The Kier molecular flexibility index (Phi) is 2.39. The van der Waals surface area contributed by atoms with Crippen LogP contribution in [0.5, 0.6) is 11.8 Å². The molecule has 2 aromatic heterocycles. The van der Waals surface area contributed by atoms with Crippen molar-refractivity contribution in [2.75, 3.05) is 0 Å². The van der Waals surface area contributed by atoms with E-state index >= 15 is 0 Å². The number of ether oxygens (including phenoxy) is 1. The molecule has 4 nitrogen and oxygen atoms in total. The number of fused-ring (bicyclic) bond motifs is 3. The average molecular weight is 261 g/mol. The fourth-order valence-corrected chi connectivity index (χ4v) is 2.34. The third-order valence-electron chi connectivity index (χ3n) is 3.23. The van der Waals surface area contributed by atoms with Gasteiger partial charge in [-0.15, -0.1) is 0 Å². The Morgan fingerprint density at radius 3 is 2.50 bits per heavy atom. The molecular weight excluding hydrogens is 250 g/mol. The first-order valence-corrected chi connectivity index (χ1v) is 6.35. The summed E-state index contributed by atoms with van der Waals surface area (Å²) in [5.41, 5.74) is 2.16. The first-order valence-electron chi connectivity index (χ1n) is 6.35. The number of nitrogens with one attached hydrogen (secondary N) is 1. The molecule has 4 heteroatoms. The van der Waals surface area contributed by atoms with Gasteiger partial charge < -0.3 is 9.72 Å². The summed E-state index contributed by atoms with van der Waals surface area (Å²) in [4.78, 5) is 11.5. The van der Waals surface area contributed by atoms with E-state index in [4.69, 9.17) is 4.74 Å². The van der Waals surface area contributed by atoms with Gasteiger partial charge in [-0.05, 0) is 24.3 Å². The summed E-state index contributed by atoms with van der Waals surface area (Å²) in [6, 6.07) is 16.3. The van der Waals surface area contributed by atoms with Gasteiger partial charge in [-0.2, -0.15) is 0 Å². The van der Waals surface area contributed by atoms with Gasteiger partial charge in [-0.25, -0.2) is 9.97 Å². The fraction of sp³-hybridized carbons (Fsp3) is 0. The molecule has 0 bridgehead atoms. The predicted octanol–water partition coefficient (Wildman–Crippen LogP) is 3.90. The van der Waals surface area contributed by atoms with Crippen molar-refractivity contribution in [1.82, 2.24) is 15.0 Å². The molecule has 0 atom stereocenters. The number of para-hydroxylation sites is 1. The standard InChI is InChI=1S/C16H11N3O/c1-2-5-14-12(4-1)13-7-6-11(10-15(13)19-14)20-16-17-8-3-9-18-16/h1-10,19H. The van der Waals surface area contributed by atoms with Gasteiger partial charge in [0, 0.05) is 34.7 Å². The Bertz CT molecular complexity index is 884. The average Bonchev–Trinajstić information content (AvgIpc) is 2.86. The number of aromatic amines is 1. The number of aromatic nitrogens is 3. The van der Waals surface area contributed by atoms with Crippen LogP contribution >= 0.6 is 0 Å². The second-order valence-electron chi connectivity index (χ2n) is 4.51. The molecule has 4 rings (SSSR count). The number of nitrogens with zero attached hydrogens (tertiary/aromatic N) is 2. The minimum absolute atomic E-state index is 0.350. The van der Waals surface area contributed by atoms with Crippen LogP contribution in [0.25, 0.3) is 21.8 Å². The zero-order valence-electron chi connectivity index (χ0n) is 10.6. The molecule has 2 heterocycles. The highest BCUT2D eigenvalue weighted by atomic mass is 16.5. The molecule has 96 valence electrons. The maximum atomic E-state index is 5.64. The minimum atomic E-state index is 0.350. The molecule has 0 saturated carbocycles. The number of H-pyrrole nitrogens is 1. The number of hydrogen-bond acceptors (Lipinski definition) is 3. The van der Waals surface area contributed by atoms with E-state index in [9.17, 15) is 0 Å². The molecule has 0 fully saturated rings. The molecule has 0 aliphatic heterocycles. The van der Waals surface area contributed by atoms with Crippen molar-refractivity contribution < 1.29 is 4.74 Å². The van der Waals surface area contributed by atoms with Crippen LogP contribution < -0.4 is 4.74 Å². The summed E-state index contributed by atoms with van der Waals surface area (Å²) >= 11 is 0. The molecule has 0 aliphatic carbocycles.